The fourth-order valence-electron chi connectivity index (χ4n) is 3.41. The molecule has 0 bridgehead atoms. The Labute approximate surface area is 319 Å². The highest BCUT2D eigenvalue weighted by Crippen LogP contribution is 2.17. The van der Waals surface area contributed by atoms with Gasteiger partial charge in [0.15, 0.2) is 0 Å². The van der Waals surface area contributed by atoms with E-state index >= 15 is 0 Å². The van der Waals surface area contributed by atoms with Gasteiger partial charge in [-0.2, -0.15) is 0 Å². The molecule has 0 amide bonds. The summed E-state index contributed by atoms with van der Waals surface area (Å²) in [6.45, 7) is 8.89. The van der Waals surface area contributed by atoms with Crippen LogP contribution in [0.25, 0.3) is 0 Å². The van der Waals surface area contributed by atoms with Crippen molar-refractivity contribution in [3.8, 4) is 23.0 Å². The van der Waals surface area contributed by atoms with Crippen LogP contribution in [0.3, 0.4) is 0 Å². The SMILES string of the molecule is CCOC(C)=O.Cc1ccc(O)cc1.Cc1ccc(OCc2ccccc2)cc1.I.II.Oc1ccc(OCc2ccccc2)cc1. The third-order valence-electron chi connectivity index (χ3n) is 5.74. The Morgan fingerprint density at radius 3 is 1.19 bits per heavy atom. The van der Waals surface area contributed by atoms with E-state index in [1.54, 1.807) is 43.3 Å². The van der Waals surface area contributed by atoms with Crippen LogP contribution in [0.4, 0.5) is 0 Å². The molecule has 5 aromatic rings. The molecule has 0 fully saturated rings. The first-order valence-corrected chi connectivity index (χ1v) is 20.8. The van der Waals surface area contributed by atoms with Gasteiger partial charge in [0.05, 0.1) is 6.61 Å². The Bertz CT molecular complexity index is 1340. The zero-order chi connectivity index (χ0) is 34.0. The molecule has 0 saturated heterocycles. The number of aromatic hydroxyl groups is 2. The van der Waals surface area contributed by atoms with Crippen LogP contribution in [-0.4, -0.2) is 22.8 Å². The molecular weight excluding hydrogens is 933 g/mol. The van der Waals surface area contributed by atoms with Gasteiger partial charge in [-0.3, -0.25) is 4.79 Å². The molecule has 0 saturated carbocycles. The second-order valence-electron chi connectivity index (χ2n) is 9.62. The van der Waals surface area contributed by atoms with Crippen LogP contribution in [0.5, 0.6) is 23.0 Å². The van der Waals surface area contributed by atoms with Crippen LogP contribution in [0, 0.1) is 13.8 Å². The Hall–Kier alpha value is -3.04. The molecule has 5 aromatic carbocycles. The third-order valence-corrected chi connectivity index (χ3v) is 5.74. The molecule has 5 rings (SSSR count). The molecule has 0 spiro atoms. The van der Waals surface area contributed by atoms with Gasteiger partial charge >= 0.3 is 5.97 Å². The summed E-state index contributed by atoms with van der Waals surface area (Å²) in [5.74, 6) is 2.05. The van der Waals surface area contributed by atoms with E-state index in [-0.39, 0.29) is 35.7 Å². The molecular formula is C38H43I3O6. The molecule has 0 unspecified atom stereocenters. The first-order valence-electron chi connectivity index (χ1n) is 14.5. The maximum atomic E-state index is 9.82. The van der Waals surface area contributed by atoms with Gasteiger partial charge in [-0.05, 0) is 80.4 Å². The summed E-state index contributed by atoms with van der Waals surface area (Å²) in [6.07, 6.45) is 0. The molecule has 0 heterocycles. The maximum absolute atomic E-state index is 9.82. The molecule has 252 valence electrons. The Morgan fingerprint density at radius 1 is 0.574 bits per heavy atom. The van der Waals surface area contributed by atoms with E-state index in [0.29, 0.717) is 25.6 Å². The lowest BCUT2D eigenvalue weighted by molar-refractivity contribution is -0.140. The lowest BCUT2D eigenvalue weighted by Gasteiger charge is -2.06. The van der Waals surface area contributed by atoms with Gasteiger partial charge in [0, 0.05) is 44.2 Å². The molecule has 2 N–H and O–H groups in total. The molecule has 0 atom stereocenters. The second kappa shape index (κ2) is 28.0. The number of hydrogen-bond acceptors (Lipinski definition) is 6. The van der Waals surface area contributed by atoms with Gasteiger partial charge in [-0.15, -0.1) is 24.0 Å². The molecule has 0 radical (unpaired) electrons. The van der Waals surface area contributed by atoms with Crippen molar-refractivity contribution < 1.29 is 29.2 Å². The normalized spacial score (nSPS) is 8.98. The number of rotatable bonds is 7. The zero-order valence-corrected chi connectivity index (χ0v) is 33.7. The van der Waals surface area contributed by atoms with Gasteiger partial charge in [-0.1, -0.05) is 96.1 Å². The van der Waals surface area contributed by atoms with Crippen LogP contribution in [0.15, 0.2) is 133 Å². The predicted octanol–water partition coefficient (Wildman–Crippen LogP) is 11.2. The van der Waals surface area contributed by atoms with Crippen molar-refractivity contribution in [2.75, 3.05) is 6.61 Å². The van der Waals surface area contributed by atoms with Gasteiger partial charge in [-0.25, -0.2) is 0 Å². The number of ether oxygens (including phenoxy) is 3. The summed E-state index contributed by atoms with van der Waals surface area (Å²) in [4.78, 5) is 9.82. The minimum atomic E-state index is -0.211. The highest BCUT2D eigenvalue weighted by molar-refractivity contribution is 15.0. The zero-order valence-electron chi connectivity index (χ0n) is 27.0. The van der Waals surface area contributed by atoms with Crippen LogP contribution in [0.1, 0.15) is 36.1 Å². The largest absolute Gasteiger partial charge is 0.508 e. The summed E-state index contributed by atoms with van der Waals surface area (Å²) < 4.78 is 15.6. The smallest absolute Gasteiger partial charge is 0.302 e. The van der Waals surface area contributed by atoms with Gasteiger partial charge in [0.25, 0.3) is 0 Å². The Kier molecular flexibility index (Phi) is 26.2. The average Bonchev–Trinajstić information content (AvgIpc) is 3.08. The molecule has 0 aromatic heterocycles. The second-order valence-corrected chi connectivity index (χ2v) is 9.62. The molecule has 6 nitrogen and oxygen atoms in total. The quantitative estimate of drug-likeness (QED) is 0.125. The highest BCUT2D eigenvalue weighted by atomic mass is 128. The van der Waals surface area contributed by atoms with Crippen LogP contribution >= 0.6 is 61.2 Å². The standard InChI is InChI=1S/C14H14O.C13H12O2.C7H8O.C4H8O2.I2.HI/c1-12-7-9-14(10-8-12)15-11-13-5-3-2-4-6-13;14-12-6-8-13(9-7-12)15-10-11-4-2-1-3-5-11;1-6-2-4-7(8)5-3-6;1-3-6-4(2)5;1-2;/h2-10H,11H2,1H3;1-9,14H,10H2;2-5,8H,1H3;3H2,1-2H3;;1H. The summed E-state index contributed by atoms with van der Waals surface area (Å²) in [5.41, 5.74) is 4.74. The van der Waals surface area contributed by atoms with Crippen molar-refractivity contribution in [2.24, 2.45) is 0 Å². The first kappa shape index (κ1) is 44.0. The average molecular weight is 976 g/mol. The van der Waals surface area contributed by atoms with Crippen molar-refractivity contribution in [1.82, 2.24) is 0 Å². The number of esters is 1. The summed E-state index contributed by atoms with van der Waals surface area (Å²) in [7, 11) is 0. The van der Waals surface area contributed by atoms with Crippen molar-refractivity contribution >= 4 is 67.2 Å². The fraction of sp³-hybridized carbons (Fsp3) is 0.184. The first-order chi connectivity index (χ1) is 22.2. The number of halogens is 3. The number of benzene rings is 5. The van der Waals surface area contributed by atoms with Crippen LogP contribution in [0.2, 0.25) is 0 Å². The lowest BCUT2D eigenvalue weighted by Crippen LogP contribution is -1.95. The number of phenolic OH excluding ortho intramolecular Hbond substituents is 2. The number of hydrogen-bond donors (Lipinski definition) is 2. The predicted molar refractivity (Wildman–Crippen MR) is 219 cm³/mol. The van der Waals surface area contributed by atoms with Gasteiger partial charge < -0.3 is 24.4 Å². The van der Waals surface area contributed by atoms with E-state index in [4.69, 9.17) is 19.7 Å². The summed E-state index contributed by atoms with van der Waals surface area (Å²) in [6, 6.07) is 42.1. The highest BCUT2D eigenvalue weighted by Gasteiger charge is 1.96. The Morgan fingerprint density at radius 2 is 0.894 bits per heavy atom. The number of carbonyl (C=O) groups excluding carboxylic acids is 1. The van der Waals surface area contributed by atoms with E-state index in [1.807, 2.05) is 79.7 Å². The molecule has 9 heteroatoms. The van der Waals surface area contributed by atoms with Gasteiger partial charge in [0.2, 0.25) is 0 Å². The topological polar surface area (TPSA) is 85.2 Å². The van der Waals surface area contributed by atoms with Crippen molar-refractivity contribution in [3.05, 3.63) is 156 Å². The van der Waals surface area contributed by atoms with E-state index in [2.05, 4.69) is 73.2 Å². The monoisotopic (exact) mass is 976 g/mol. The molecule has 0 aliphatic rings. The number of aryl methyl sites for hydroxylation is 2. The summed E-state index contributed by atoms with van der Waals surface area (Å²) in [5, 5.41) is 17.8. The van der Waals surface area contributed by atoms with E-state index in [1.165, 1.54) is 23.6 Å². The minimum Gasteiger partial charge on any atom is -0.508 e. The van der Waals surface area contributed by atoms with Crippen LogP contribution < -0.4 is 9.47 Å². The van der Waals surface area contributed by atoms with E-state index in [9.17, 15) is 4.79 Å². The molecule has 0 aliphatic heterocycles. The number of carbonyl (C=O) groups is 1. The van der Waals surface area contributed by atoms with Crippen molar-refractivity contribution in [2.45, 2.75) is 40.9 Å². The maximum Gasteiger partial charge on any atom is 0.302 e. The van der Waals surface area contributed by atoms with Crippen LogP contribution in [-0.2, 0) is 22.7 Å². The summed E-state index contributed by atoms with van der Waals surface area (Å²) >= 11 is 4.24. The van der Waals surface area contributed by atoms with E-state index in [0.717, 1.165) is 17.1 Å². The van der Waals surface area contributed by atoms with Crippen molar-refractivity contribution in [1.29, 1.82) is 0 Å². The fourth-order valence-corrected chi connectivity index (χ4v) is 3.41. The number of phenols is 2. The lowest BCUT2D eigenvalue weighted by atomic mass is 10.2. The third kappa shape index (κ3) is 23.0. The molecule has 0 aliphatic carbocycles. The minimum absolute atomic E-state index is 0. The van der Waals surface area contributed by atoms with Crippen molar-refractivity contribution in [3.63, 3.8) is 0 Å². The Balaban J connectivity index is 0.000000621. The van der Waals surface area contributed by atoms with Gasteiger partial charge in [0.1, 0.15) is 36.2 Å². The molecule has 47 heavy (non-hydrogen) atoms. The van der Waals surface area contributed by atoms with E-state index < -0.39 is 0 Å².